The van der Waals surface area contributed by atoms with Crippen molar-refractivity contribution in [1.29, 1.82) is 0 Å². The predicted octanol–water partition coefficient (Wildman–Crippen LogP) is 1.75. The summed E-state index contributed by atoms with van der Waals surface area (Å²) in [6.07, 6.45) is 1.07. The van der Waals surface area contributed by atoms with Crippen LogP contribution in [0.4, 0.5) is 0 Å². The number of hydrogen-bond acceptors (Lipinski definition) is 3. The van der Waals surface area contributed by atoms with E-state index in [0.29, 0.717) is 37.5 Å². The Hall–Kier alpha value is -1.59. The molecule has 0 atom stereocenters. The molecule has 0 saturated carbocycles. The van der Waals surface area contributed by atoms with Gasteiger partial charge in [0.1, 0.15) is 0 Å². The van der Waals surface area contributed by atoms with Crippen molar-refractivity contribution in [1.82, 2.24) is 10.2 Å². The first kappa shape index (κ1) is 15.8. The summed E-state index contributed by atoms with van der Waals surface area (Å²) < 4.78 is 0. The number of hydrogen-bond donors (Lipinski definition) is 2. The molecule has 0 aliphatic carbocycles. The number of nitrogens with one attached hydrogen (secondary N) is 1. The molecule has 21 heavy (non-hydrogen) atoms. The number of likely N-dealkylation sites (tertiary alicyclic amines) is 1. The summed E-state index contributed by atoms with van der Waals surface area (Å²) in [7, 11) is 0. The van der Waals surface area contributed by atoms with Crippen molar-refractivity contribution in [2.45, 2.75) is 19.4 Å². The zero-order valence-electron chi connectivity index (χ0n) is 11.7. The van der Waals surface area contributed by atoms with Crippen LogP contribution in [0.1, 0.15) is 18.4 Å². The van der Waals surface area contributed by atoms with Crippen LogP contribution in [0.5, 0.6) is 0 Å². The van der Waals surface area contributed by atoms with E-state index in [9.17, 15) is 9.59 Å². The van der Waals surface area contributed by atoms with E-state index >= 15 is 0 Å². The Morgan fingerprint density at radius 1 is 1.29 bits per heavy atom. The van der Waals surface area contributed by atoms with Crippen LogP contribution < -0.4 is 5.32 Å². The minimum atomic E-state index is -0.765. The third-order valence-corrected chi connectivity index (χ3v) is 4.12. The van der Waals surface area contributed by atoms with Gasteiger partial charge in [0.05, 0.1) is 12.5 Å². The van der Waals surface area contributed by atoms with Gasteiger partial charge in [0.15, 0.2) is 0 Å². The van der Waals surface area contributed by atoms with Crippen LogP contribution in [-0.2, 0) is 16.1 Å². The summed E-state index contributed by atoms with van der Waals surface area (Å²) in [6, 6.07) is 7.50. The SMILES string of the molecule is O=C(O)C1CCN(C(=O)CNCc2ccccc2Cl)CC1. The van der Waals surface area contributed by atoms with Gasteiger partial charge in [-0.05, 0) is 24.5 Å². The number of amides is 1. The lowest BCUT2D eigenvalue weighted by Crippen LogP contribution is -2.44. The highest BCUT2D eigenvalue weighted by atomic mass is 35.5. The lowest BCUT2D eigenvalue weighted by Gasteiger charge is -2.30. The van der Waals surface area contributed by atoms with E-state index in [4.69, 9.17) is 16.7 Å². The van der Waals surface area contributed by atoms with Gasteiger partial charge < -0.3 is 15.3 Å². The molecule has 2 rings (SSSR count). The quantitative estimate of drug-likeness (QED) is 0.869. The third kappa shape index (κ3) is 4.44. The van der Waals surface area contributed by atoms with Crippen molar-refractivity contribution in [3.8, 4) is 0 Å². The van der Waals surface area contributed by atoms with E-state index in [1.54, 1.807) is 4.90 Å². The van der Waals surface area contributed by atoms with Crippen molar-refractivity contribution in [3.05, 3.63) is 34.9 Å². The van der Waals surface area contributed by atoms with Crippen LogP contribution >= 0.6 is 11.6 Å². The molecule has 114 valence electrons. The maximum absolute atomic E-state index is 12.0. The fourth-order valence-corrected chi connectivity index (χ4v) is 2.64. The van der Waals surface area contributed by atoms with Crippen molar-refractivity contribution in [3.63, 3.8) is 0 Å². The van der Waals surface area contributed by atoms with Gasteiger partial charge in [-0.25, -0.2) is 0 Å². The Labute approximate surface area is 128 Å². The predicted molar refractivity (Wildman–Crippen MR) is 80.1 cm³/mol. The summed E-state index contributed by atoms with van der Waals surface area (Å²) in [5, 5.41) is 12.7. The lowest BCUT2D eigenvalue weighted by molar-refractivity contribution is -0.145. The number of carboxylic acid groups (broad SMARTS) is 1. The molecule has 1 heterocycles. The number of halogens is 1. The maximum Gasteiger partial charge on any atom is 0.306 e. The third-order valence-electron chi connectivity index (χ3n) is 3.75. The van der Waals surface area contributed by atoms with E-state index in [0.717, 1.165) is 5.56 Å². The number of rotatable bonds is 5. The highest BCUT2D eigenvalue weighted by Gasteiger charge is 2.26. The Bertz CT molecular complexity index is 513. The van der Waals surface area contributed by atoms with Crippen molar-refractivity contribution in [2.75, 3.05) is 19.6 Å². The molecule has 0 bridgehead atoms. The molecule has 0 radical (unpaired) electrons. The molecule has 1 aromatic carbocycles. The van der Waals surface area contributed by atoms with Gasteiger partial charge in [0, 0.05) is 24.7 Å². The molecule has 6 heteroatoms. The zero-order valence-corrected chi connectivity index (χ0v) is 12.5. The van der Waals surface area contributed by atoms with E-state index < -0.39 is 5.97 Å². The number of aliphatic carboxylic acids is 1. The second kappa shape index (κ2) is 7.43. The number of carboxylic acids is 1. The summed E-state index contributed by atoms with van der Waals surface area (Å²) >= 11 is 6.04. The number of carbonyl (C=O) groups is 2. The maximum atomic E-state index is 12.0. The summed E-state index contributed by atoms with van der Waals surface area (Å²) in [5.41, 5.74) is 0.955. The first-order valence-electron chi connectivity index (χ1n) is 7.02. The van der Waals surface area contributed by atoms with E-state index in [1.807, 2.05) is 24.3 Å². The molecular weight excluding hydrogens is 292 g/mol. The molecule has 0 aromatic heterocycles. The normalized spacial score (nSPS) is 16.0. The Morgan fingerprint density at radius 2 is 1.95 bits per heavy atom. The topological polar surface area (TPSA) is 69.6 Å². The Morgan fingerprint density at radius 3 is 2.57 bits per heavy atom. The average Bonchev–Trinajstić information content (AvgIpc) is 2.49. The molecule has 0 unspecified atom stereocenters. The van der Waals surface area contributed by atoms with Gasteiger partial charge in [0.25, 0.3) is 0 Å². The largest absolute Gasteiger partial charge is 0.481 e. The molecule has 5 nitrogen and oxygen atoms in total. The molecule has 1 fully saturated rings. The average molecular weight is 311 g/mol. The van der Waals surface area contributed by atoms with Crippen LogP contribution in [0.3, 0.4) is 0 Å². The molecule has 1 aliphatic heterocycles. The molecular formula is C15H19ClN2O3. The second-order valence-electron chi connectivity index (χ2n) is 5.19. The highest BCUT2D eigenvalue weighted by molar-refractivity contribution is 6.31. The molecule has 1 amide bonds. The fourth-order valence-electron chi connectivity index (χ4n) is 2.43. The molecule has 1 aliphatic rings. The van der Waals surface area contributed by atoms with E-state index in [2.05, 4.69) is 5.32 Å². The number of piperidine rings is 1. The monoisotopic (exact) mass is 310 g/mol. The molecule has 1 saturated heterocycles. The Kier molecular flexibility index (Phi) is 5.59. The number of nitrogens with zero attached hydrogens (tertiary/aromatic N) is 1. The van der Waals surface area contributed by atoms with Crippen LogP contribution in [0.2, 0.25) is 5.02 Å². The van der Waals surface area contributed by atoms with Crippen LogP contribution in [0.15, 0.2) is 24.3 Å². The minimum Gasteiger partial charge on any atom is -0.481 e. The van der Waals surface area contributed by atoms with Gasteiger partial charge in [-0.2, -0.15) is 0 Å². The van der Waals surface area contributed by atoms with E-state index in [-0.39, 0.29) is 18.4 Å². The summed E-state index contributed by atoms with van der Waals surface area (Å²) in [6.45, 7) is 1.81. The highest BCUT2D eigenvalue weighted by Crippen LogP contribution is 2.17. The van der Waals surface area contributed by atoms with Crippen LogP contribution in [-0.4, -0.2) is 41.5 Å². The van der Waals surface area contributed by atoms with Crippen LogP contribution in [0.25, 0.3) is 0 Å². The second-order valence-corrected chi connectivity index (χ2v) is 5.60. The van der Waals surface area contributed by atoms with E-state index in [1.165, 1.54) is 0 Å². The summed E-state index contributed by atoms with van der Waals surface area (Å²) in [4.78, 5) is 24.6. The van der Waals surface area contributed by atoms with Gasteiger partial charge in [-0.3, -0.25) is 9.59 Å². The fraction of sp³-hybridized carbons (Fsp3) is 0.467. The van der Waals surface area contributed by atoms with Crippen molar-refractivity contribution in [2.24, 2.45) is 5.92 Å². The van der Waals surface area contributed by atoms with Gasteiger partial charge >= 0.3 is 5.97 Å². The standard InChI is InChI=1S/C15H19ClN2O3/c16-13-4-2-1-3-12(13)9-17-10-14(19)18-7-5-11(6-8-18)15(20)21/h1-4,11,17H,5-10H2,(H,20,21). The smallest absolute Gasteiger partial charge is 0.306 e. The molecule has 2 N–H and O–H groups in total. The van der Waals surface area contributed by atoms with Crippen molar-refractivity contribution >= 4 is 23.5 Å². The minimum absolute atomic E-state index is 0.00546. The zero-order chi connectivity index (χ0) is 15.2. The first-order valence-corrected chi connectivity index (χ1v) is 7.40. The van der Waals surface area contributed by atoms with Gasteiger partial charge in [-0.15, -0.1) is 0 Å². The van der Waals surface area contributed by atoms with Gasteiger partial charge in [-0.1, -0.05) is 29.8 Å². The summed E-state index contributed by atoms with van der Waals surface area (Å²) in [5.74, 6) is -1.07. The first-order chi connectivity index (χ1) is 10.1. The number of benzene rings is 1. The molecule has 0 spiro atoms. The molecule has 1 aromatic rings. The Balaban J connectivity index is 1.73. The van der Waals surface area contributed by atoms with Gasteiger partial charge in [0.2, 0.25) is 5.91 Å². The van der Waals surface area contributed by atoms with Crippen molar-refractivity contribution < 1.29 is 14.7 Å². The lowest BCUT2D eigenvalue weighted by atomic mass is 9.97. The number of carbonyl (C=O) groups excluding carboxylic acids is 1. The van der Waals surface area contributed by atoms with Crippen LogP contribution in [0, 0.1) is 5.92 Å².